The summed E-state index contributed by atoms with van der Waals surface area (Å²) in [6.07, 6.45) is 2.85. The highest BCUT2D eigenvalue weighted by Gasteiger charge is 1.99. The van der Waals surface area contributed by atoms with Gasteiger partial charge in [-0.1, -0.05) is 13.8 Å². The van der Waals surface area contributed by atoms with Crippen LogP contribution in [0.15, 0.2) is 18.3 Å². The van der Waals surface area contributed by atoms with E-state index in [0.29, 0.717) is 0 Å². The molecule has 0 atom stereocenters. The third kappa shape index (κ3) is 4.62. The van der Waals surface area contributed by atoms with Crippen molar-refractivity contribution in [2.24, 2.45) is 0 Å². The van der Waals surface area contributed by atoms with Gasteiger partial charge in [-0.15, -0.1) is 0 Å². The predicted molar refractivity (Wildman–Crippen MR) is 66.9 cm³/mol. The Morgan fingerprint density at radius 2 is 2.00 bits per heavy atom. The predicted octanol–water partition coefficient (Wildman–Crippen LogP) is 2.50. The minimum absolute atomic E-state index is 0.765. The molecular weight excluding hydrogens is 200 g/mol. The number of pyridine rings is 1. The summed E-state index contributed by atoms with van der Waals surface area (Å²) in [6, 6.07) is 3.94. The molecule has 3 heteroatoms. The van der Waals surface area contributed by atoms with Crippen molar-refractivity contribution in [2.45, 2.75) is 27.2 Å². The van der Waals surface area contributed by atoms with Crippen LogP contribution < -0.4 is 4.74 Å². The van der Waals surface area contributed by atoms with Crippen LogP contribution in [-0.4, -0.2) is 36.1 Å². The highest BCUT2D eigenvalue weighted by Crippen LogP contribution is 2.08. The maximum Gasteiger partial charge on any atom is 0.137 e. The first-order valence-electron chi connectivity index (χ1n) is 6.04. The number of hydrogen-bond acceptors (Lipinski definition) is 3. The van der Waals surface area contributed by atoms with Gasteiger partial charge in [-0.2, -0.15) is 0 Å². The maximum atomic E-state index is 5.61. The molecule has 0 aliphatic carbocycles. The summed E-state index contributed by atoms with van der Waals surface area (Å²) < 4.78 is 5.61. The first kappa shape index (κ1) is 13.0. The van der Waals surface area contributed by atoms with Crippen LogP contribution in [0.5, 0.6) is 5.75 Å². The molecule has 0 saturated heterocycles. The number of aromatic nitrogens is 1. The third-order valence-corrected chi connectivity index (χ3v) is 2.67. The van der Waals surface area contributed by atoms with E-state index in [1.54, 1.807) is 6.20 Å². The van der Waals surface area contributed by atoms with Gasteiger partial charge in [-0.3, -0.25) is 4.98 Å². The number of ether oxygens (including phenoxy) is 1. The van der Waals surface area contributed by atoms with Gasteiger partial charge in [-0.25, -0.2) is 0 Å². The zero-order valence-corrected chi connectivity index (χ0v) is 10.6. The van der Waals surface area contributed by atoms with Crippen molar-refractivity contribution in [1.29, 1.82) is 0 Å². The van der Waals surface area contributed by atoms with E-state index in [4.69, 9.17) is 4.74 Å². The van der Waals surface area contributed by atoms with Gasteiger partial charge in [0.2, 0.25) is 0 Å². The lowest BCUT2D eigenvalue weighted by Gasteiger charge is -2.17. The zero-order valence-electron chi connectivity index (χ0n) is 10.6. The Balaban J connectivity index is 2.18. The normalized spacial score (nSPS) is 10.8. The molecule has 0 radical (unpaired) electrons. The van der Waals surface area contributed by atoms with Gasteiger partial charge < -0.3 is 9.64 Å². The average molecular weight is 222 g/mol. The molecule has 0 N–H and O–H groups in total. The number of hydrogen-bond donors (Lipinski definition) is 0. The molecule has 0 aliphatic rings. The van der Waals surface area contributed by atoms with Gasteiger partial charge in [0, 0.05) is 12.2 Å². The van der Waals surface area contributed by atoms with E-state index in [0.717, 1.165) is 44.1 Å². The topological polar surface area (TPSA) is 25.4 Å². The Labute approximate surface area is 98.4 Å². The molecular formula is C13H22N2O. The van der Waals surface area contributed by atoms with Crippen molar-refractivity contribution >= 4 is 0 Å². The molecule has 0 amide bonds. The van der Waals surface area contributed by atoms with E-state index in [9.17, 15) is 0 Å². The van der Waals surface area contributed by atoms with Crippen molar-refractivity contribution in [2.75, 3.05) is 26.2 Å². The third-order valence-electron chi connectivity index (χ3n) is 2.67. The van der Waals surface area contributed by atoms with Crippen LogP contribution in [-0.2, 0) is 0 Å². The Bertz CT molecular complexity index is 280. The molecule has 1 heterocycles. The van der Waals surface area contributed by atoms with Crippen molar-refractivity contribution in [3.05, 3.63) is 24.0 Å². The van der Waals surface area contributed by atoms with E-state index >= 15 is 0 Å². The molecule has 16 heavy (non-hydrogen) atoms. The van der Waals surface area contributed by atoms with E-state index in [1.165, 1.54) is 0 Å². The fourth-order valence-electron chi connectivity index (χ4n) is 1.56. The zero-order chi connectivity index (χ0) is 11.8. The van der Waals surface area contributed by atoms with Gasteiger partial charge in [0.15, 0.2) is 0 Å². The summed E-state index contributed by atoms with van der Waals surface area (Å²) in [5, 5.41) is 0. The Morgan fingerprint density at radius 1 is 1.25 bits per heavy atom. The van der Waals surface area contributed by atoms with Gasteiger partial charge in [0.25, 0.3) is 0 Å². The number of rotatable bonds is 7. The summed E-state index contributed by atoms with van der Waals surface area (Å²) in [4.78, 5) is 6.59. The molecule has 0 spiro atoms. The van der Waals surface area contributed by atoms with Crippen LogP contribution in [0, 0.1) is 6.92 Å². The molecule has 0 unspecified atom stereocenters. The van der Waals surface area contributed by atoms with Crippen molar-refractivity contribution in [3.63, 3.8) is 0 Å². The molecule has 0 saturated carbocycles. The van der Waals surface area contributed by atoms with Crippen LogP contribution >= 0.6 is 0 Å². The second-order valence-electron chi connectivity index (χ2n) is 3.86. The van der Waals surface area contributed by atoms with Gasteiger partial charge in [-0.05, 0) is 38.6 Å². The van der Waals surface area contributed by atoms with E-state index in [-0.39, 0.29) is 0 Å². The Hall–Kier alpha value is -1.09. The average Bonchev–Trinajstić information content (AvgIpc) is 2.32. The number of aryl methyl sites for hydroxylation is 1. The van der Waals surface area contributed by atoms with Gasteiger partial charge >= 0.3 is 0 Å². The Kier molecular flexibility index (Phi) is 5.86. The van der Waals surface area contributed by atoms with Crippen LogP contribution in [0.25, 0.3) is 0 Å². The summed E-state index contributed by atoms with van der Waals surface area (Å²) in [7, 11) is 0. The minimum atomic E-state index is 0.765. The molecule has 0 aliphatic heterocycles. The quantitative estimate of drug-likeness (QED) is 0.663. The first-order chi connectivity index (χ1) is 7.76. The van der Waals surface area contributed by atoms with Crippen molar-refractivity contribution < 1.29 is 4.74 Å². The SMILES string of the molecule is CCN(CC)CCCOc1ccc(C)nc1. The highest BCUT2D eigenvalue weighted by atomic mass is 16.5. The lowest BCUT2D eigenvalue weighted by atomic mass is 10.3. The molecule has 90 valence electrons. The van der Waals surface area contributed by atoms with Gasteiger partial charge in [0.1, 0.15) is 5.75 Å². The lowest BCUT2D eigenvalue weighted by molar-refractivity contribution is 0.248. The first-order valence-corrected chi connectivity index (χ1v) is 6.04. The lowest BCUT2D eigenvalue weighted by Crippen LogP contribution is -2.25. The summed E-state index contributed by atoms with van der Waals surface area (Å²) in [5.41, 5.74) is 1.02. The Morgan fingerprint density at radius 3 is 2.56 bits per heavy atom. The fraction of sp³-hybridized carbons (Fsp3) is 0.615. The van der Waals surface area contributed by atoms with Crippen LogP contribution in [0.2, 0.25) is 0 Å². The summed E-state index contributed by atoms with van der Waals surface area (Å²) in [6.45, 7) is 10.4. The monoisotopic (exact) mass is 222 g/mol. The summed E-state index contributed by atoms with van der Waals surface area (Å²) in [5.74, 6) is 0.866. The molecule has 3 nitrogen and oxygen atoms in total. The smallest absolute Gasteiger partial charge is 0.137 e. The standard InChI is InChI=1S/C13H22N2O/c1-4-15(5-2)9-6-10-16-13-8-7-12(3)14-11-13/h7-8,11H,4-6,9-10H2,1-3H3. The molecule has 1 rings (SSSR count). The molecule has 0 fully saturated rings. The summed E-state index contributed by atoms with van der Waals surface area (Å²) >= 11 is 0. The molecule has 0 bridgehead atoms. The molecule has 0 aromatic carbocycles. The van der Waals surface area contributed by atoms with Crippen molar-refractivity contribution in [1.82, 2.24) is 9.88 Å². The van der Waals surface area contributed by atoms with E-state index in [2.05, 4.69) is 23.7 Å². The van der Waals surface area contributed by atoms with Crippen LogP contribution in [0.1, 0.15) is 26.0 Å². The number of nitrogens with zero attached hydrogens (tertiary/aromatic N) is 2. The fourth-order valence-corrected chi connectivity index (χ4v) is 1.56. The second kappa shape index (κ2) is 7.23. The van der Waals surface area contributed by atoms with E-state index in [1.807, 2.05) is 19.1 Å². The van der Waals surface area contributed by atoms with E-state index < -0.39 is 0 Å². The minimum Gasteiger partial charge on any atom is -0.492 e. The van der Waals surface area contributed by atoms with Crippen LogP contribution in [0.4, 0.5) is 0 Å². The van der Waals surface area contributed by atoms with Gasteiger partial charge in [0.05, 0.1) is 12.8 Å². The maximum absolute atomic E-state index is 5.61. The molecule has 1 aromatic heterocycles. The second-order valence-corrected chi connectivity index (χ2v) is 3.86. The molecule has 1 aromatic rings. The van der Waals surface area contributed by atoms with Crippen molar-refractivity contribution in [3.8, 4) is 5.75 Å². The van der Waals surface area contributed by atoms with Crippen LogP contribution in [0.3, 0.4) is 0 Å². The largest absolute Gasteiger partial charge is 0.492 e. The highest BCUT2D eigenvalue weighted by molar-refractivity contribution is 5.18.